The van der Waals surface area contributed by atoms with Crippen molar-refractivity contribution in [2.75, 3.05) is 7.11 Å². The molecule has 0 unspecified atom stereocenters. The van der Waals surface area contributed by atoms with Crippen LogP contribution in [-0.4, -0.2) is 46.7 Å². The highest BCUT2D eigenvalue weighted by Gasteiger charge is 2.53. The fourth-order valence-corrected chi connectivity index (χ4v) is 7.01. The van der Waals surface area contributed by atoms with Crippen molar-refractivity contribution in [3.8, 4) is 0 Å². The monoisotopic (exact) mass is 486 g/mol. The Morgan fingerprint density at radius 3 is 2.54 bits per heavy atom. The van der Waals surface area contributed by atoms with Gasteiger partial charge in [-0.05, 0) is 86.2 Å². The Kier molecular flexibility index (Phi) is 8.25. The number of esters is 1. The van der Waals surface area contributed by atoms with E-state index in [0.29, 0.717) is 24.7 Å². The van der Waals surface area contributed by atoms with Crippen molar-refractivity contribution in [1.29, 1.82) is 0 Å². The Morgan fingerprint density at radius 2 is 1.89 bits per heavy atom. The third-order valence-electron chi connectivity index (χ3n) is 9.29. The second kappa shape index (κ2) is 10.4. The van der Waals surface area contributed by atoms with Crippen molar-refractivity contribution in [2.24, 2.45) is 28.1 Å². The van der Waals surface area contributed by atoms with Crippen LogP contribution in [0.2, 0.25) is 0 Å². The van der Waals surface area contributed by atoms with Gasteiger partial charge < -0.3 is 20.1 Å². The van der Waals surface area contributed by atoms with Gasteiger partial charge in [0.15, 0.2) is 0 Å². The van der Waals surface area contributed by atoms with Gasteiger partial charge in [-0.25, -0.2) is 0 Å². The number of allylic oxidation sites excluding steroid dienone is 4. The maximum absolute atomic E-state index is 12.1. The molecule has 0 amide bonds. The molecule has 0 aromatic carbocycles. The van der Waals surface area contributed by atoms with Crippen LogP contribution < -0.4 is 0 Å². The molecule has 0 saturated heterocycles. The third-order valence-corrected chi connectivity index (χ3v) is 9.29. The standard InChI is InChI=1S/C30H46O5/c1-19-21(17-22(31)18-24(19)32)11-10-20-9-8-15-30(6)23(20)12-13-25(30)28(2,3)16-14-26(33)29(4,5)27(34)35-7/h10-11,14,16,22-26,31-33H,1,8-9,12-13,15,17-18H2,2-7H3/t22-,23+,24+,25-,26+,30+/m1/s1. The van der Waals surface area contributed by atoms with Crippen molar-refractivity contribution < 1.29 is 24.9 Å². The number of carbonyl (C=O) groups is 1. The third kappa shape index (κ3) is 5.52. The van der Waals surface area contributed by atoms with Crippen LogP contribution in [0.4, 0.5) is 0 Å². The number of fused-ring (bicyclic) bond motifs is 1. The first-order valence-electron chi connectivity index (χ1n) is 13.1. The first kappa shape index (κ1) is 27.9. The molecular formula is C30H46O5. The molecule has 0 aromatic rings. The van der Waals surface area contributed by atoms with Gasteiger partial charge in [-0.3, -0.25) is 4.79 Å². The van der Waals surface area contributed by atoms with Crippen molar-refractivity contribution in [3.63, 3.8) is 0 Å². The van der Waals surface area contributed by atoms with Gasteiger partial charge in [-0.1, -0.05) is 57.2 Å². The Balaban J connectivity index is 1.80. The highest BCUT2D eigenvalue weighted by Crippen LogP contribution is 2.62. The fraction of sp³-hybridized carbons (Fsp3) is 0.700. The number of methoxy groups -OCH3 is 1. The molecule has 0 aromatic heterocycles. The normalized spacial score (nSPS) is 35.5. The van der Waals surface area contributed by atoms with E-state index in [2.05, 4.69) is 45.6 Å². The highest BCUT2D eigenvalue weighted by atomic mass is 16.5. The summed E-state index contributed by atoms with van der Waals surface area (Å²) in [7, 11) is 1.35. The lowest BCUT2D eigenvalue weighted by atomic mass is 9.57. The number of hydrogen-bond acceptors (Lipinski definition) is 5. The molecule has 5 heteroatoms. The van der Waals surface area contributed by atoms with Crippen LogP contribution in [-0.2, 0) is 9.53 Å². The summed E-state index contributed by atoms with van der Waals surface area (Å²) >= 11 is 0. The Labute approximate surface area is 211 Å². The molecule has 3 aliphatic rings. The van der Waals surface area contributed by atoms with Crippen molar-refractivity contribution in [2.45, 2.75) is 97.9 Å². The number of rotatable bonds is 6. The van der Waals surface area contributed by atoms with Crippen molar-refractivity contribution in [3.05, 3.63) is 47.6 Å². The Morgan fingerprint density at radius 1 is 1.20 bits per heavy atom. The smallest absolute Gasteiger partial charge is 0.314 e. The van der Waals surface area contributed by atoms with Gasteiger partial charge >= 0.3 is 5.97 Å². The van der Waals surface area contributed by atoms with Gasteiger partial charge in [0, 0.05) is 6.42 Å². The molecule has 0 heterocycles. The number of hydrogen-bond donors (Lipinski definition) is 3. The van der Waals surface area contributed by atoms with Gasteiger partial charge in [0.2, 0.25) is 0 Å². The highest BCUT2D eigenvalue weighted by molar-refractivity contribution is 5.76. The molecule has 3 saturated carbocycles. The summed E-state index contributed by atoms with van der Waals surface area (Å²) in [5.41, 5.74) is 2.17. The van der Waals surface area contributed by atoms with E-state index in [9.17, 15) is 20.1 Å². The average molecular weight is 487 g/mol. The minimum Gasteiger partial charge on any atom is -0.469 e. The van der Waals surface area contributed by atoms with Crippen LogP contribution in [0.3, 0.4) is 0 Å². The second-order valence-corrected chi connectivity index (χ2v) is 12.4. The SMILES string of the molecule is C=C1C(=CC=C2CCC[C@]3(C)[C@@H](C(C)(C)C=C[C@H](O)C(C)(C)C(=O)OC)CC[C@@H]23)C[C@@H](O)C[C@@H]1O. The quantitative estimate of drug-likeness (QED) is 0.352. The number of aliphatic hydroxyl groups excluding tert-OH is 3. The second-order valence-electron chi connectivity index (χ2n) is 12.4. The number of carbonyl (C=O) groups excluding carboxylic acids is 1. The van der Waals surface area contributed by atoms with Crippen LogP contribution in [0.5, 0.6) is 0 Å². The predicted octanol–water partition coefficient (Wildman–Crippen LogP) is 5.27. The molecule has 5 nitrogen and oxygen atoms in total. The van der Waals surface area contributed by atoms with E-state index in [1.54, 1.807) is 19.9 Å². The molecule has 3 fully saturated rings. The van der Waals surface area contributed by atoms with Crippen molar-refractivity contribution >= 4 is 5.97 Å². The van der Waals surface area contributed by atoms with Gasteiger partial charge in [-0.2, -0.15) is 0 Å². The van der Waals surface area contributed by atoms with Gasteiger partial charge in [0.05, 0.1) is 30.8 Å². The van der Waals surface area contributed by atoms with Gasteiger partial charge in [-0.15, -0.1) is 0 Å². The zero-order chi connectivity index (χ0) is 26.2. The van der Waals surface area contributed by atoms with E-state index in [-0.39, 0.29) is 10.8 Å². The number of ether oxygens (including phenoxy) is 1. The van der Waals surface area contributed by atoms with E-state index in [1.165, 1.54) is 19.1 Å². The Bertz CT molecular complexity index is 908. The summed E-state index contributed by atoms with van der Waals surface area (Å²) < 4.78 is 4.87. The lowest BCUT2D eigenvalue weighted by Crippen LogP contribution is -2.40. The molecule has 196 valence electrons. The Hall–Kier alpha value is -1.69. The summed E-state index contributed by atoms with van der Waals surface area (Å²) in [4.78, 5) is 12.1. The van der Waals surface area contributed by atoms with Gasteiger partial charge in [0.1, 0.15) is 0 Å². The first-order valence-corrected chi connectivity index (χ1v) is 13.1. The molecule has 0 radical (unpaired) electrons. The lowest BCUT2D eigenvalue weighted by Gasteiger charge is -2.47. The van der Waals surface area contributed by atoms with Crippen LogP contribution in [0.15, 0.2) is 47.6 Å². The summed E-state index contributed by atoms with van der Waals surface area (Å²) in [6, 6.07) is 0. The maximum atomic E-state index is 12.1. The van der Waals surface area contributed by atoms with E-state index in [0.717, 1.165) is 36.8 Å². The minimum absolute atomic E-state index is 0.135. The summed E-state index contributed by atoms with van der Waals surface area (Å²) in [5.74, 6) is 0.528. The fourth-order valence-electron chi connectivity index (χ4n) is 7.01. The number of aliphatic hydroxyl groups is 3. The minimum atomic E-state index is -0.998. The van der Waals surface area contributed by atoms with Crippen LogP contribution >= 0.6 is 0 Å². The maximum Gasteiger partial charge on any atom is 0.314 e. The molecule has 35 heavy (non-hydrogen) atoms. The topological polar surface area (TPSA) is 87.0 Å². The van der Waals surface area contributed by atoms with Crippen LogP contribution in [0.1, 0.15) is 79.6 Å². The first-order chi connectivity index (χ1) is 16.2. The van der Waals surface area contributed by atoms with E-state index >= 15 is 0 Å². The molecule has 3 aliphatic carbocycles. The van der Waals surface area contributed by atoms with E-state index in [4.69, 9.17) is 4.74 Å². The largest absolute Gasteiger partial charge is 0.469 e. The molecule has 0 bridgehead atoms. The van der Waals surface area contributed by atoms with E-state index < -0.39 is 29.7 Å². The molecule has 6 atom stereocenters. The lowest BCUT2D eigenvalue weighted by molar-refractivity contribution is -0.155. The molecule has 3 rings (SSSR count). The molecule has 0 aliphatic heterocycles. The summed E-state index contributed by atoms with van der Waals surface area (Å²) in [5, 5.41) is 31.0. The average Bonchev–Trinajstić information content (AvgIpc) is 3.16. The summed E-state index contributed by atoms with van der Waals surface area (Å²) in [6.45, 7) is 14.4. The van der Waals surface area contributed by atoms with Crippen molar-refractivity contribution in [1.82, 2.24) is 0 Å². The zero-order valence-corrected chi connectivity index (χ0v) is 22.5. The summed E-state index contributed by atoms with van der Waals surface area (Å²) in [6.07, 6.45) is 12.7. The zero-order valence-electron chi connectivity index (χ0n) is 22.5. The van der Waals surface area contributed by atoms with Crippen LogP contribution in [0.25, 0.3) is 0 Å². The molecule has 3 N–H and O–H groups in total. The molecular weight excluding hydrogens is 440 g/mol. The van der Waals surface area contributed by atoms with E-state index in [1.807, 2.05) is 0 Å². The van der Waals surface area contributed by atoms with Gasteiger partial charge in [0.25, 0.3) is 0 Å². The molecule has 0 spiro atoms. The predicted molar refractivity (Wildman–Crippen MR) is 139 cm³/mol. The van der Waals surface area contributed by atoms with Crippen LogP contribution in [0, 0.1) is 28.1 Å².